The van der Waals surface area contributed by atoms with Crippen LogP contribution in [0.25, 0.3) is 10.1 Å². The Balaban J connectivity index is 1.94. The molecule has 1 fully saturated rings. The van der Waals surface area contributed by atoms with Crippen LogP contribution in [0.4, 0.5) is 5.82 Å². The van der Waals surface area contributed by atoms with Crippen molar-refractivity contribution in [2.24, 2.45) is 0 Å². The molecule has 0 unspecified atom stereocenters. The highest BCUT2D eigenvalue weighted by atomic mass is 79.9. The summed E-state index contributed by atoms with van der Waals surface area (Å²) in [6.07, 6.45) is 1.90. The minimum atomic E-state index is 0.601. The topological polar surface area (TPSA) is 51.4 Å². The van der Waals surface area contributed by atoms with Crippen molar-refractivity contribution in [2.45, 2.75) is 6.54 Å². The first-order valence-electron chi connectivity index (χ1n) is 5.86. The van der Waals surface area contributed by atoms with Gasteiger partial charge in [-0.1, -0.05) is 0 Å². The summed E-state index contributed by atoms with van der Waals surface area (Å²) in [6, 6.07) is 0. The van der Waals surface area contributed by atoms with E-state index in [9.17, 15) is 0 Å². The van der Waals surface area contributed by atoms with E-state index >= 15 is 0 Å². The molecule has 2 aromatic rings. The highest BCUT2D eigenvalue weighted by Gasteiger charge is 2.15. The van der Waals surface area contributed by atoms with Gasteiger partial charge in [0.1, 0.15) is 5.82 Å². The molecule has 0 amide bonds. The Kier molecular flexibility index (Phi) is 3.52. The molecular weight excluding hydrogens is 314 g/mol. The van der Waals surface area contributed by atoms with Gasteiger partial charge < -0.3 is 10.5 Å². The molecule has 1 aliphatic rings. The third-order valence-corrected chi connectivity index (χ3v) is 5.14. The first-order valence-corrected chi connectivity index (χ1v) is 7.53. The zero-order chi connectivity index (χ0) is 12.5. The molecule has 1 saturated heterocycles. The van der Waals surface area contributed by atoms with Crippen LogP contribution in [0.3, 0.4) is 0 Å². The molecule has 0 radical (unpaired) electrons. The second kappa shape index (κ2) is 5.13. The number of morpholine rings is 1. The predicted octanol–water partition coefficient (Wildman–Crippen LogP) is 2.47. The second-order valence-electron chi connectivity index (χ2n) is 4.34. The maximum Gasteiger partial charge on any atom is 0.133 e. The third-order valence-electron chi connectivity index (χ3n) is 3.15. The van der Waals surface area contributed by atoms with E-state index in [1.807, 2.05) is 6.20 Å². The van der Waals surface area contributed by atoms with Gasteiger partial charge in [-0.05, 0) is 15.9 Å². The lowest BCUT2D eigenvalue weighted by atomic mass is 10.2. The lowest BCUT2D eigenvalue weighted by molar-refractivity contribution is 0.0343. The summed E-state index contributed by atoms with van der Waals surface area (Å²) in [7, 11) is 0. The van der Waals surface area contributed by atoms with E-state index in [0.29, 0.717) is 5.82 Å². The second-order valence-corrected chi connectivity index (χ2v) is 6.08. The van der Waals surface area contributed by atoms with Crippen LogP contribution in [-0.4, -0.2) is 36.2 Å². The average Bonchev–Trinajstić information content (AvgIpc) is 2.78. The number of ether oxygens (including phenoxy) is 1. The monoisotopic (exact) mass is 327 g/mol. The zero-order valence-corrected chi connectivity index (χ0v) is 12.3. The number of thiophene rings is 1. The molecule has 0 saturated carbocycles. The van der Waals surface area contributed by atoms with Crippen LogP contribution < -0.4 is 5.73 Å². The zero-order valence-electron chi connectivity index (χ0n) is 9.86. The number of pyridine rings is 1. The molecule has 18 heavy (non-hydrogen) atoms. The van der Waals surface area contributed by atoms with E-state index in [0.717, 1.165) is 42.7 Å². The first-order chi connectivity index (χ1) is 8.75. The van der Waals surface area contributed by atoms with E-state index in [1.54, 1.807) is 11.3 Å². The number of halogens is 1. The number of nitrogen functional groups attached to an aromatic ring is 1. The van der Waals surface area contributed by atoms with Gasteiger partial charge in [0.05, 0.1) is 13.2 Å². The van der Waals surface area contributed by atoms with Gasteiger partial charge in [-0.3, -0.25) is 4.90 Å². The molecule has 3 rings (SSSR count). The summed E-state index contributed by atoms with van der Waals surface area (Å²) in [5.41, 5.74) is 7.18. The third kappa shape index (κ3) is 2.25. The molecule has 96 valence electrons. The molecule has 0 bridgehead atoms. The Labute approximate surface area is 118 Å². The minimum Gasteiger partial charge on any atom is -0.383 e. The largest absolute Gasteiger partial charge is 0.383 e. The molecule has 3 heterocycles. The molecule has 0 atom stereocenters. The minimum absolute atomic E-state index is 0.601. The molecule has 2 aromatic heterocycles. The molecule has 0 spiro atoms. The maximum atomic E-state index is 5.94. The van der Waals surface area contributed by atoms with Crippen LogP contribution in [0, 0.1) is 0 Å². The van der Waals surface area contributed by atoms with Crippen molar-refractivity contribution in [2.75, 3.05) is 32.0 Å². The first kappa shape index (κ1) is 12.3. The summed E-state index contributed by atoms with van der Waals surface area (Å²) >= 11 is 5.25. The summed E-state index contributed by atoms with van der Waals surface area (Å²) in [5, 5.41) is 3.12. The van der Waals surface area contributed by atoms with E-state index in [1.165, 1.54) is 10.3 Å². The molecule has 4 nitrogen and oxygen atoms in total. The Hall–Kier alpha value is -0.690. The summed E-state index contributed by atoms with van der Waals surface area (Å²) in [4.78, 5) is 6.69. The van der Waals surface area contributed by atoms with Gasteiger partial charge in [-0.15, -0.1) is 11.3 Å². The number of hydrogen-bond acceptors (Lipinski definition) is 5. The molecule has 6 heteroatoms. The SMILES string of the molecule is Nc1ncc(CN2CCOCC2)c2scc(Br)c12. The quantitative estimate of drug-likeness (QED) is 0.920. The Bertz CT molecular complexity index is 566. The van der Waals surface area contributed by atoms with Crippen molar-refractivity contribution < 1.29 is 4.74 Å². The van der Waals surface area contributed by atoms with Gasteiger partial charge in [-0.2, -0.15) is 0 Å². The van der Waals surface area contributed by atoms with Gasteiger partial charge in [0.2, 0.25) is 0 Å². The number of hydrogen-bond donors (Lipinski definition) is 1. The van der Waals surface area contributed by atoms with E-state index in [-0.39, 0.29) is 0 Å². The molecule has 0 aromatic carbocycles. The van der Waals surface area contributed by atoms with Crippen LogP contribution in [0.1, 0.15) is 5.56 Å². The van der Waals surface area contributed by atoms with Gasteiger partial charge >= 0.3 is 0 Å². The lowest BCUT2D eigenvalue weighted by Crippen LogP contribution is -2.35. The summed E-state index contributed by atoms with van der Waals surface area (Å²) in [6.45, 7) is 4.52. The van der Waals surface area contributed by atoms with Crippen molar-refractivity contribution in [3.63, 3.8) is 0 Å². The molecular formula is C12H14BrN3OS. The van der Waals surface area contributed by atoms with Crippen LogP contribution >= 0.6 is 27.3 Å². The van der Waals surface area contributed by atoms with Crippen molar-refractivity contribution in [3.8, 4) is 0 Å². The van der Waals surface area contributed by atoms with Gasteiger partial charge in [0.25, 0.3) is 0 Å². The number of aromatic nitrogens is 1. The van der Waals surface area contributed by atoms with Crippen LogP contribution in [0.2, 0.25) is 0 Å². The highest BCUT2D eigenvalue weighted by Crippen LogP contribution is 2.35. The van der Waals surface area contributed by atoms with Crippen molar-refractivity contribution in [1.82, 2.24) is 9.88 Å². The fourth-order valence-corrected chi connectivity index (χ4v) is 3.95. The number of fused-ring (bicyclic) bond motifs is 1. The number of rotatable bonds is 2. The Morgan fingerprint density at radius 1 is 1.44 bits per heavy atom. The van der Waals surface area contributed by atoms with Gasteiger partial charge in [0.15, 0.2) is 0 Å². The lowest BCUT2D eigenvalue weighted by Gasteiger charge is -2.26. The van der Waals surface area contributed by atoms with Gasteiger partial charge in [0, 0.05) is 51.3 Å². The van der Waals surface area contributed by atoms with E-state index in [2.05, 4.69) is 31.2 Å². The molecule has 2 N–H and O–H groups in total. The van der Waals surface area contributed by atoms with Crippen LogP contribution in [-0.2, 0) is 11.3 Å². The average molecular weight is 328 g/mol. The van der Waals surface area contributed by atoms with E-state index in [4.69, 9.17) is 10.5 Å². The number of nitrogens with zero attached hydrogens (tertiary/aromatic N) is 2. The van der Waals surface area contributed by atoms with Crippen LogP contribution in [0.5, 0.6) is 0 Å². The molecule has 0 aliphatic carbocycles. The Morgan fingerprint density at radius 3 is 3.00 bits per heavy atom. The number of anilines is 1. The highest BCUT2D eigenvalue weighted by molar-refractivity contribution is 9.10. The Morgan fingerprint density at radius 2 is 2.22 bits per heavy atom. The van der Waals surface area contributed by atoms with Crippen molar-refractivity contribution >= 4 is 43.2 Å². The maximum absolute atomic E-state index is 5.94. The fourth-order valence-electron chi connectivity index (χ4n) is 2.20. The standard InChI is InChI=1S/C12H14BrN3OS/c13-9-7-18-11-8(5-15-12(14)10(9)11)6-16-1-3-17-4-2-16/h5,7H,1-4,6H2,(H2,14,15). The molecule has 1 aliphatic heterocycles. The van der Waals surface area contributed by atoms with Crippen LogP contribution in [0.15, 0.2) is 16.0 Å². The predicted molar refractivity (Wildman–Crippen MR) is 77.8 cm³/mol. The van der Waals surface area contributed by atoms with Crippen molar-refractivity contribution in [1.29, 1.82) is 0 Å². The van der Waals surface area contributed by atoms with E-state index < -0.39 is 0 Å². The van der Waals surface area contributed by atoms with Crippen molar-refractivity contribution in [3.05, 3.63) is 21.6 Å². The normalized spacial score (nSPS) is 17.4. The fraction of sp³-hybridized carbons (Fsp3) is 0.417. The summed E-state index contributed by atoms with van der Waals surface area (Å²) in [5.74, 6) is 0.601. The van der Waals surface area contributed by atoms with Gasteiger partial charge in [-0.25, -0.2) is 4.98 Å². The smallest absolute Gasteiger partial charge is 0.133 e. The summed E-state index contributed by atoms with van der Waals surface area (Å²) < 4.78 is 7.64. The number of nitrogens with two attached hydrogens (primary N) is 1.